The Hall–Kier alpha value is -2.60. The van der Waals surface area contributed by atoms with E-state index in [0.717, 1.165) is 22.5 Å². The van der Waals surface area contributed by atoms with Gasteiger partial charge in [0.2, 0.25) is 0 Å². The number of carbonyl (C=O) groups excluding carboxylic acids is 1. The van der Waals surface area contributed by atoms with Crippen LogP contribution >= 0.6 is 12.2 Å². The average molecular weight is 342 g/mol. The van der Waals surface area contributed by atoms with Gasteiger partial charge in [0.05, 0.1) is 0 Å². The maximum absolute atomic E-state index is 12.2. The van der Waals surface area contributed by atoms with Gasteiger partial charge in [-0.15, -0.1) is 0 Å². The van der Waals surface area contributed by atoms with Gasteiger partial charge in [-0.3, -0.25) is 15.6 Å². The lowest BCUT2D eigenvalue weighted by molar-refractivity contribution is 0.0944. The van der Waals surface area contributed by atoms with Crippen LogP contribution in [0.2, 0.25) is 0 Å². The standard InChI is InChI=1S/C18H22N4OS/c1-12-8-13(2)10-15(9-12)19-18(24)21-20-17(23)14-6-5-7-16(11-14)22(3)4/h5-11H,1-4H3,(H,20,23)(H2,19,21,24). The second-order valence-corrected chi connectivity index (χ2v) is 6.26. The van der Waals surface area contributed by atoms with Crippen LogP contribution in [-0.4, -0.2) is 25.1 Å². The van der Waals surface area contributed by atoms with E-state index >= 15 is 0 Å². The van der Waals surface area contributed by atoms with E-state index in [9.17, 15) is 4.79 Å². The highest BCUT2D eigenvalue weighted by Crippen LogP contribution is 2.14. The molecule has 0 radical (unpaired) electrons. The fraction of sp³-hybridized carbons (Fsp3) is 0.222. The fourth-order valence-corrected chi connectivity index (χ4v) is 2.49. The topological polar surface area (TPSA) is 56.4 Å². The van der Waals surface area contributed by atoms with Crippen LogP contribution in [0.15, 0.2) is 42.5 Å². The molecule has 0 aliphatic carbocycles. The Bertz CT molecular complexity index is 738. The monoisotopic (exact) mass is 342 g/mol. The Labute approximate surface area is 148 Å². The zero-order valence-electron chi connectivity index (χ0n) is 14.3. The van der Waals surface area contributed by atoms with Gasteiger partial charge in [-0.05, 0) is 67.5 Å². The minimum atomic E-state index is -0.247. The van der Waals surface area contributed by atoms with Gasteiger partial charge in [-0.25, -0.2) is 0 Å². The smallest absolute Gasteiger partial charge is 0.269 e. The van der Waals surface area contributed by atoms with Gasteiger partial charge >= 0.3 is 0 Å². The van der Waals surface area contributed by atoms with Crippen molar-refractivity contribution in [3.05, 3.63) is 59.2 Å². The van der Waals surface area contributed by atoms with E-state index in [-0.39, 0.29) is 5.91 Å². The van der Waals surface area contributed by atoms with Crippen molar-refractivity contribution in [1.29, 1.82) is 0 Å². The summed E-state index contributed by atoms with van der Waals surface area (Å²) in [7, 11) is 3.86. The van der Waals surface area contributed by atoms with Gasteiger partial charge in [0.15, 0.2) is 5.11 Å². The van der Waals surface area contributed by atoms with E-state index < -0.39 is 0 Å². The van der Waals surface area contributed by atoms with Crippen molar-refractivity contribution >= 4 is 34.6 Å². The summed E-state index contributed by atoms with van der Waals surface area (Å²) in [6.45, 7) is 4.04. The minimum Gasteiger partial charge on any atom is -0.378 e. The van der Waals surface area contributed by atoms with Crippen molar-refractivity contribution in [3.63, 3.8) is 0 Å². The second-order valence-electron chi connectivity index (χ2n) is 5.85. The second kappa shape index (κ2) is 7.79. The number of nitrogens with zero attached hydrogens (tertiary/aromatic N) is 1. The third-order valence-corrected chi connectivity index (χ3v) is 3.60. The lowest BCUT2D eigenvalue weighted by Crippen LogP contribution is -2.43. The molecule has 0 fully saturated rings. The molecule has 1 amide bonds. The van der Waals surface area contributed by atoms with Crippen LogP contribution in [0.1, 0.15) is 21.5 Å². The van der Waals surface area contributed by atoms with Crippen LogP contribution in [0.5, 0.6) is 0 Å². The maximum Gasteiger partial charge on any atom is 0.269 e. The van der Waals surface area contributed by atoms with E-state index in [1.165, 1.54) is 0 Å². The fourth-order valence-electron chi connectivity index (χ4n) is 2.32. The van der Waals surface area contributed by atoms with Crippen LogP contribution in [0.25, 0.3) is 0 Å². The molecular formula is C18H22N4OS. The van der Waals surface area contributed by atoms with Crippen LogP contribution in [0.3, 0.4) is 0 Å². The number of anilines is 2. The summed E-state index contributed by atoms with van der Waals surface area (Å²) in [5.41, 5.74) is 10.0. The molecule has 126 valence electrons. The number of hydrazine groups is 1. The van der Waals surface area contributed by atoms with E-state index in [4.69, 9.17) is 12.2 Å². The Morgan fingerprint density at radius 2 is 1.67 bits per heavy atom. The number of carbonyl (C=O) groups is 1. The number of aryl methyl sites for hydroxylation is 2. The summed E-state index contributed by atoms with van der Waals surface area (Å²) in [5, 5.41) is 3.39. The molecule has 0 bridgehead atoms. The highest BCUT2D eigenvalue weighted by atomic mass is 32.1. The van der Waals surface area contributed by atoms with E-state index in [1.807, 2.05) is 63.2 Å². The SMILES string of the molecule is Cc1cc(C)cc(NC(=S)NNC(=O)c2cccc(N(C)C)c2)c1. The number of hydrogen-bond acceptors (Lipinski definition) is 3. The van der Waals surface area contributed by atoms with Gasteiger partial charge in [0.25, 0.3) is 5.91 Å². The predicted octanol–water partition coefficient (Wildman–Crippen LogP) is 3.00. The lowest BCUT2D eigenvalue weighted by atomic mass is 10.1. The molecule has 0 heterocycles. The maximum atomic E-state index is 12.2. The summed E-state index contributed by atoms with van der Waals surface area (Å²) in [6, 6.07) is 13.4. The molecular weight excluding hydrogens is 320 g/mol. The highest BCUT2D eigenvalue weighted by Gasteiger charge is 2.07. The van der Waals surface area contributed by atoms with Gasteiger partial charge in [-0.1, -0.05) is 12.1 Å². The molecule has 0 saturated carbocycles. The van der Waals surface area contributed by atoms with Crippen molar-refractivity contribution < 1.29 is 4.79 Å². The third-order valence-electron chi connectivity index (χ3n) is 3.39. The molecule has 0 aromatic heterocycles. The molecule has 2 rings (SSSR count). The molecule has 2 aromatic rings. The van der Waals surface area contributed by atoms with Gasteiger partial charge in [0, 0.05) is 31.0 Å². The van der Waals surface area contributed by atoms with Crippen molar-refractivity contribution in [1.82, 2.24) is 10.9 Å². The number of amides is 1. The quantitative estimate of drug-likeness (QED) is 0.591. The lowest BCUT2D eigenvalue weighted by Gasteiger charge is -2.15. The first kappa shape index (κ1) is 17.7. The molecule has 6 heteroatoms. The molecule has 0 spiro atoms. The third kappa shape index (κ3) is 4.96. The summed E-state index contributed by atoms with van der Waals surface area (Å²) in [6.07, 6.45) is 0. The Kier molecular flexibility index (Phi) is 5.76. The number of hydrogen-bond donors (Lipinski definition) is 3. The molecule has 0 aliphatic rings. The first-order valence-corrected chi connectivity index (χ1v) is 7.99. The van der Waals surface area contributed by atoms with Gasteiger partial charge in [0.1, 0.15) is 0 Å². The van der Waals surface area contributed by atoms with Crippen LogP contribution in [0, 0.1) is 13.8 Å². The Morgan fingerprint density at radius 1 is 1.00 bits per heavy atom. The Morgan fingerprint density at radius 3 is 2.29 bits per heavy atom. The number of nitrogens with one attached hydrogen (secondary N) is 3. The van der Waals surface area contributed by atoms with Gasteiger partial charge < -0.3 is 10.2 Å². The molecule has 3 N–H and O–H groups in total. The zero-order chi connectivity index (χ0) is 17.7. The zero-order valence-corrected chi connectivity index (χ0v) is 15.1. The molecule has 24 heavy (non-hydrogen) atoms. The summed E-state index contributed by atoms with van der Waals surface area (Å²) < 4.78 is 0. The first-order valence-electron chi connectivity index (χ1n) is 7.58. The van der Waals surface area contributed by atoms with Crippen molar-refractivity contribution in [2.24, 2.45) is 0 Å². The largest absolute Gasteiger partial charge is 0.378 e. The van der Waals surface area contributed by atoms with Crippen molar-refractivity contribution in [2.75, 3.05) is 24.3 Å². The van der Waals surface area contributed by atoms with E-state index in [0.29, 0.717) is 10.7 Å². The molecule has 0 saturated heterocycles. The number of rotatable bonds is 3. The normalized spacial score (nSPS) is 10.0. The summed E-state index contributed by atoms with van der Waals surface area (Å²) in [4.78, 5) is 14.1. The first-order chi connectivity index (χ1) is 11.3. The summed E-state index contributed by atoms with van der Waals surface area (Å²) in [5.74, 6) is -0.247. The predicted molar refractivity (Wildman–Crippen MR) is 104 cm³/mol. The van der Waals surface area contributed by atoms with Crippen molar-refractivity contribution in [3.8, 4) is 0 Å². The molecule has 2 aromatic carbocycles. The minimum absolute atomic E-state index is 0.247. The van der Waals surface area contributed by atoms with Crippen LogP contribution in [-0.2, 0) is 0 Å². The Balaban J connectivity index is 1.93. The number of benzene rings is 2. The van der Waals surface area contributed by atoms with Gasteiger partial charge in [-0.2, -0.15) is 0 Å². The number of thiocarbonyl (C=S) groups is 1. The molecule has 5 nitrogen and oxygen atoms in total. The van der Waals surface area contributed by atoms with E-state index in [1.54, 1.807) is 6.07 Å². The molecule has 0 aliphatic heterocycles. The molecule has 0 unspecified atom stereocenters. The molecule has 0 atom stereocenters. The highest BCUT2D eigenvalue weighted by molar-refractivity contribution is 7.80. The van der Waals surface area contributed by atoms with Crippen LogP contribution < -0.4 is 21.1 Å². The van der Waals surface area contributed by atoms with Crippen molar-refractivity contribution in [2.45, 2.75) is 13.8 Å². The van der Waals surface area contributed by atoms with E-state index in [2.05, 4.69) is 22.2 Å². The average Bonchev–Trinajstić information content (AvgIpc) is 2.51. The van der Waals surface area contributed by atoms with Crippen LogP contribution in [0.4, 0.5) is 11.4 Å². The summed E-state index contributed by atoms with van der Waals surface area (Å²) >= 11 is 5.21.